The first kappa shape index (κ1) is 20.2. The Kier molecular flexibility index (Phi) is 6.49. The van der Waals surface area contributed by atoms with E-state index in [1.807, 2.05) is 12.1 Å². The summed E-state index contributed by atoms with van der Waals surface area (Å²) < 4.78 is 11.6. The Morgan fingerprint density at radius 1 is 1.22 bits per heavy atom. The first-order chi connectivity index (χ1) is 12.9. The Morgan fingerprint density at radius 3 is 2.74 bits per heavy atom. The molecule has 0 amide bonds. The van der Waals surface area contributed by atoms with Gasteiger partial charge in [-0.2, -0.15) is 0 Å². The number of carbonyl (C=O) groups is 1. The average molecular weight is 380 g/mol. The van der Waals surface area contributed by atoms with Crippen molar-refractivity contribution >= 4 is 5.97 Å². The molecule has 1 fully saturated rings. The third-order valence-electron chi connectivity index (χ3n) is 5.43. The van der Waals surface area contributed by atoms with E-state index in [9.17, 15) is 20.1 Å². The van der Waals surface area contributed by atoms with Gasteiger partial charge in [-0.25, -0.2) is 0 Å². The van der Waals surface area contributed by atoms with Crippen molar-refractivity contribution in [2.24, 2.45) is 0 Å². The van der Waals surface area contributed by atoms with E-state index in [-0.39, 0.29) is 12.5 Å². The van der Waals surface area contributed by atoms with E-state index in [1.54, 1.807) is 6.92 Å². The van der Waals surface area contributed by atoms with E-state index in [4.69, 9.17) is 14.6 Å². The van der Waals surface area contributed by atoms with Gasteiger partial charge in [0.1, 0.15) is 18.3 Å². The van der Waals surface area contributed by atoms with E-state index in [1.165, 1.54) is 5.56 Å². The van der Waals surface area contributed by atoms with Crippen LogP contribution in [0, 0.1) is 0 Å². The molecule has 0 radical (unpaired) electrons. The van der Waals surface area contributed by atoms with Gasteiger partial charge in [0.15, 0.2) is 6.29 Å². The molecule has 4 N–H and O–H groups in total. The smallest absolute Gasteiger partial charge is 0.303 e. The minimum Gasteiger partial charge on any atom is -0.481 e. The van der Waals surface area contributed by atoms with Crippen molar-refractivity contribution in [2.45, 2.75) is 82.3 Å². The molecule has 0 aromatic heterocycles. The summed E-state index contributed by atoms with van der Waals surface area (Å²) in [6, 6.07) is 6.13. The molecule has 3 rings (SSSR count). The molecule has 1 aliphatic heterocycles. The van der Waals surface area contributed by atoms with Crippen LogP contribution in [0.25, 0.3) is 0 Å². The normalized spacial score (nSPS) is 33.5. The summed E-state index contributed by atoms with van der Waals surface area (Å²) in [5, 5.41) is 38.8. The monoisotopic (exact) mass is 380 g/mol. The minimum absolute atomic E-state index is 0.136. The largest absolute Gasteiger partial charge is 0.481 e. The number of fused-ring (bicyclic) bond motifs is 1. The van der Waals surface area contributed by atoms with Crippen LogP contribution in [0.1, 0.15) is 55.4 Å². The zero-order valence-electron chi connectivity index (χ0n) is 15.5. The van der Waals surface area contributed by atoms with Gasteiger partial charge in [-0.15, -0.1) is 0 Å². The lowest BCUT2D eigenvalue weighted by Gasteiger charge is -2.41. The zero-order chi connectivity index (χ0) is 19.6. The third kappa shape index (κ3) is 4.67. The summed E-state index contributed by atoms with van der Waals surface area (Å²) in [6.45, 7) is 1.63. The van der Waals surface area contributed by atoms with Crippen LogP contribution >= 0.6 is 0 Å². The summed E-state index contributed by atoms with van der Waals surface area (Å²) in [5.41, 5.74) is 3.25. The summed E-state index contributed by atoms with van der Waals surface area (Å²) in [6.07, 6.45) is -1.67. The maximum absolute atomic E-state index is 10.7. The van der Waals surface area contributed by atoms with Gasteiger partial charge >= 0.3 is 5.97 Å². The second-order valence-corrected chi connectivity index (χ2v) is 7.48. The number of carboxylic acids is 1. The SMILES string of the molecule is C[C@@H]1O[C@@H](OC2CCCc3ccc(CCCC(=O)O)cc32)[C@@H](O)[C@H](O)[C@@H]1O. The van der Waals surface area contributed by atoms with Crippen molar-refractivity contribution in [3.8, 4) is 0 Å². The summed E-state index contributed by atoms with van der Waals surface area (Å²) in [7, 11) is 0. The fraction of sp³-hybridized carbons (Fsp3) is 0.650. The molecular weight excluding hydrogens is 352 g/mol. The molecular formula is C20H28O7. The summed E-state index contributed by atoms with van der Waals surface area (Å²) in [4.78, 5) is 10.7. The van der Waals surface area contributed by atoms with Gasteiger partial charge in [0.25, 0.3) is 0 Å². The molecule has 1 aliphatic carbocycles. The van der Waals surface area contributed by atoms with Crippen molar-refractivity contribution < 1.29 is 34.7 Å². The zero-order valence-corrected chi connectivity index (χ0v) is 15.5. The van der Waals surface area contributed by atoms with Crippen LogP contribution in [0.4, 0.5) is 0 Å². The number of hydrogen-bond acceptors (Lipinski definition) is 6. The molecule has 1 saturated heterocycles. The standard InChI is InChI=1S/C20H28O7/c1-11-17(23)18(24)19(25)20(26-11)27-15-6-3-5-13-9-8-12(10-14(13)15)4-2-7-16(21)22/h8-11,15,17-20,23-25H,2-7H2,1H3,(H,21,22)/t11-,15?,17+,18+,19-,20-/m0/s1. The van der Waals surface area contributed by atoms with Gasteiger partial charge < -0.3 is 29.9 Å². The highest BCUT2D eigenvalue weighted by Crippen LogP contribution is 2.36. The van der Waals surface area contributed by atoms with Crippen LogP contribution in [0.15, 0.2) is 18.2 Å². The lowest BCUT2D eigenvalue weighted by Crippen LogP contribution is -2.57. The number of aryl methyl sites for hydroxylation is 2. The van der Waals surface area contributed by atoms with Crippen LogP contribution in [0.3, 0.4) is 0 Å². The van der Waals surface area contributed by atoms with E-state index in [0.717, 1.165) is 30.4 Å². The number of rotatable bonds is 6. The number of aliphatic hydroxyl groups is 3. The van der Waals surface area contributed by atoms with Crippen molar-refractivity contribution in [2.75, 3.05) is 0 Å². The van der Waals surface area contributed by atoms with Gasteiger partial charge in [0.05, 0.1) is 12.2 Å². The van der Waals surface area contributed by atoms with Crippen LogP contribution in [0.5, 0.6) is 0 Å². The molecule has 2 aliphatic rings. The second-order valence-electron chi connectivity index (χ2n) is 7.48. The molecule has 1 heterocycles. The molecule has 1 aromatic carbocycles. The first-order valence-electron chi connectivity index (χ1n) is 9.55. The topological polar surface area (TPSA) is 116 Å². The Morgan fingerprint density at radius 2 is 2.00 bits per heavy atom. The molecule has 0 saturated carbocycles. The molecule has 27 heavy (non-hydrogen) atoms. The van der Waals surface area contributed by atoms with E-state index < -0.39 is 36.7 Å². The highest BCUT2D eigenvalue weighted by Gasteiger charge is 2.43. The number of ether oxygens (including phenoxy) is 2. The molecule has 0 spiro atoms. The Labute approximate surface area is 158 Å². The predicted octanol–water partition coefficient (Wildman–Crippen LogP) is 1.32. The summed E-state index contributed by atoms with van der Waals surface area (Å²) >= 11 is 0. The highest BCUT2D eigenvalue weighted by molar-refractivity contribution is 5.66. The molecule has 7 nitrogen and oxygen atoms in total. The number of aliphatic hydroxyl groups excluding tert-OH is 3. The van der Waals surface area contributed by atoms with Gasteiger partial charge in [-0.05, 0) is 55.7 Å². The molecule has 6 atom stereocenters. The Bertz CT molecular complexity index is 662. The fourth-order valence-corrected chi connectivity index (χ4v) is 3.83. The fourth-order valence-electron chi connectivity index (χ4n) is 3.83. The second kappa shape index (κ2) is 8.67. The maximum atomic E-state index is 10.7. The molecule has 7 heteroatoms. The van der Waals surface area contributed by atoms with E-state index in [0.29, 0.717) is 12.8 Å². The first-order valence-corrected chi connectivity index (χ1v) is 9.55. The van der Waals surface area contributed by atoms with Crippen LogP contribution in [0.2, 0.25) is 0 Å². The van der Waals surface area contributed by atoms with Crippen molar-refractivity contribution in [1.29, 1.82) is 0 Å². The third-order valence-corrected chi connectivity index (χ3v) is 5.43. The maximum Gasteiger partial charge on any atom is 0.303 e. The molecule has 0 bridgehead atoms. The molecule has 150 valence electrons. The van der Waals surface area contributed by atoms with Crippen molar-refractivity contribution in [1.82, 2.24) is 0 Å². The number of carboxylic acid groups (broad SMARTS) is 1. The van der Waals surface area contributed by atoms with Crippen molar-refractivity contribution in [3.63, 3.8) is 0 Å². The average Bonchev–Trinajstić information content (AvgIpc) is 2.64. The number of hydrogen-bond donors (Lipinski definition) is 4. The van der Waals surface area contributed by atoms with Gasteiger partial charge in [0, 0.05) is 6.42 Å². The van der Waals surface area contributed by atoms with Crippen molar-refractivity contribution in [3.05, 3.63) is 34.9 Å². The number of aliphatic carboxylic acids is 1. The minimum atomic E-state index is -1.32. The van der Waals surface area contributed by atoms with E-state index >= 15 is 0 Å². The molecule has 1 unspecified atom stereocenters. The Balaban J connectivity index is 1.72. The molecule has 1 aromatic rings. The van der Waals surface area contributed by atoms with Crippen LogP contribution in [-0.2, 0) is 27.1 Å². The van der Waals surface area contributed by atoms with E-state index in [2.05, 4.69) is 6.07 Å². The predicted molar refractivity (Wildman–Crippen MR) is 96.1 cm³/mol. The van der Waals surface area contributed by atoms with Crippen LogP contribution in [-0.4, -0.2) is 57.1 Å². The van der Waals surface area contributed by atoms with Gasteiger partial charge in [-0.1, -0.05) is 18.2 Å². The van der Waals surface area contributed by atoms with Gasteiger partial charge in [0.2, 0.25) is 0 Å². The number of benzene rings is 1. The lowest BCUT2D eigenvalue weighted by atomic mass is 9.87. The summed E-state index contributed by atoms with van der Waals surface area (Å²) in [5.74, 6) is -0.799. The van der Waals surface area contributed by atoms with Gasteiger partial charge in [-0.3, -0.25) is 4.79 Å². The quantitative estimate of drug-likeness (QED) is 0.588. The lowest BCUT2D eigenvalue weighted by molar-refractivity contribution is -0.306. The highest BCUT2D eigenvalue weighted by atomic mass is 16.7. The Hall–Kier alpha value is -1.51. The van der Waals surface area contributed by atoms with Crippen LogP contribution < -0.4 is 0 Å².